The summed E-state index contributed by atoms with van der Waals surface area (Å²) < 4.78 is 0. The van der Waals surface area contributed by atoms with Crippen LogP contribution in [0.15, 0.2) is 18.3 Å². The highest BCUT2D eigenvalue weighted by molar-refractivity contribution is 5.75. The number of nitrogens with one attached hydrogen (secondary N) is 2. The Bertz CT molecular complexity index is 229. The Hall–Kier alpha value is -1.25. The Balaban J connectivity index is 2.22. The first kappa shape index (κ1) is 8.84. The molecule has 3 heteroatoms. The van der Waals surface area contributed by atoms with Crippen LogP contribution >= 0.6 is 0 Å². The van der Waals surface area contributed by atoms with Gasteiger partial charge >= 0.3 is 0 Å². The summed E-state index contributed by atoms with van der Waals surface area (Å²) in [5, 5.41) is 2.82. The zero-order valence-electron chi connectivity index (χ0n) is 7.26. The molecule has 0 aliphatic carbocycles. The fourth-order valence-corrected chi connectivity index (χ4v) is 0.987. The molecule has 2 N–H and O–H groups in total. The van der Waals surface area contributed by atoms with Gasteiger partial charge in [0.05, 0.1) is 6.54 Å². The average molecular weight is 166 g/mol. The summed E-state index contributed by atoms with van der Waals surface area (Å²) in [5.41, 5.74) is 1.04. The second-order valence-electron chi connectivity index (χ2n) is 2.72. The van der Waals surface area contributed by atoms with Crippen LogP contribution in [-0.4, -0.2) is 10.9 Å². The van der Waals surface area contributed by atoms with Gasteiger partial charge in [-0.3, -0.25) is 4.79 Å². The van der Waals surface area contributed by atoms with Crippen molar-refractivity contribution in [2.75, 3.05) is 0 Å². The minimum atomic E-state index is 0.118. The molecule has 1 amide bonds. The molecule has 1 heterocycles. The molecule has 0 fully saturated rings. The van der Waals surface area contributed by atoms with Crippen LogP contribution in [0.25, 0.3) is 0 Å². The number of aromatic amines is 1. The third kappa shape index (κ3) is 2.78. The van der Waals surface area contributed by atoms with Gasteiger partial charge in [0.1, 0.15) is 0 Å². The van der Waals surface area contributed by atoms with Crippen molar-refractivity contribution in [1.29, 1.82) is 0 Å². The smallest absolute Gasteiger partial charge is 0.220 e. The zero-order valence-corrected chi connectivity index (χ0v) is 7.26. The number of amides is 1. The number of rotatable bonds is 4. The maximum absolute atomic E-state index is 11.0. The van der Waals surface area contributed by atoms with Crippen LogP contribution in [0, 0.1) is 0 Å². The van der Waals surface area contributed by atoms with Gasteiger partial charge in [0.2, 0.25) is 5.91 Å². The molecule has 0 radical (unpaired) electrons. The Morgan fingerprint density at radius 1 is 1.67 bits per heavy atom. The lowest BCUT2D eigenvalue weighted by Crippen LogP contribution is -2.22. The zero-order chi connectivity index (χ0) is 8.81. The van der Waals surface area contributed by atoms with Crippen molar-refractivity contribution in [2.45, 2.75) is 26.3 Å². The molecule has 0 aromatic carbocycles. The third-order valence-corrected chi connectivity index (χ3v) is 1.62. The van der Waals surface area contributed by atoms with Crippen LogP contribution in [0.5, 0.6) is 0 Å². The SMILES string of the molecule is CCCC(=O)NCc1ccc[nH]1. The number of carbonyl (C=O) groups is 1. The maximum atomic E-state index is 11.0. The average Bonchev–Trinajstić information content (AvgIpc) is 2.53. The molecule has 0 aliphatic rings. The number of carbonyl (C=O) groups excluding carboxylic acids is 1. The van der Waals surface area contributed by atoms with E-state index in [-0.39, 0.29) is 5.91 Å². The number of H-pyrrole nitrogens is 1. The van der Waals surface area contributed by atoms with E-state index in [0.29, 0.717) is 13.0 Å². The molecule has 0 unspecified atom stereocenters. The predicted octanol–water partition coefficient (Wildman–Crippen LogP) is 1.43. The predicted molar refractivity (Wildman–Crippen MR) is 47.5 cm³/mol. The topological polar surface area (TPSA) is 44.9 Å². The number of aromatic nitrogens is 1. The second kappa shape index (κ2) is 4.59. The highest BCUT2D eigenvalue weighted by atomic mass is 16.1. The van der Waals surface area contributed by atoms with Gasteiger partial charge in [0.15, 0.2) is 0 Å². The number of hydrogen-bond acceptors (Lipinski definition) is 1. The quantitative estimate of drug-likeness (QED) is 0.698. The van der Waals surface area contributed by atoms with Gasteiger partial charge in [-0.05, 0) is 18.6 Å². The highest BCUT2D eigenvalue weighted by Gasteiger charge is 1.98. The second-order valence-corrected chi connectivity index (χ2v) is 2.72. The summed E-state index contributed by atoms with van der Waals surface area (Å²) in [5.74, 6) is 0.118. The van der Waals surface area contributed by atoms with Crippen molar-refractivity contribution < 1.29 is 4.79 Å². The molecular formula is C9H14N2O. The van der Waals surface area contributed by atoms with Crippen LogP contribution in [0.3, 0.4) is 0 Å². The molecule has 3 nitrogen and oxygen atoms in total. The normalized spacial score (nSPS) is 9.75. The minimum Gasteiger partial charge on any atom is -0.364 e. The molecule has 12 heavy (non-hydrogen) atoms. The minimum absolute atomic E-state index is 0.118. The van der Waals surface area contributed by atoms with E-state index in [4.69, 9.17) is 0 Å². The molecule has 66 valence electrons. The van der Waals surface area contributed by atoms with E-state index >= 15 is 0 Å². The van der Waals surface area contributed by atoms with Crippen molar-refractivity contribution in [2.24, 2.45) is 0 Å². The molecule has 1 rings (SSSR count). The summed E-state index contributed by atoms with van der Waals surface area (Å²) in [6, 6.07) is 3.87. The molecule has 0 bridgehead atoms. The highest BCUT2D eigenvalue weighted by Crippen LogP contribution is 1.93. The van der Waals surface area contributed by atoms with Gasteiger partial charge in [-0.1, -0.05) is 6.92 Å². The van der Waals surface area contributed by atoms with Gasteiger partial charge < -0.3 is 10.3 Å². The van der Waals surface area contributed by atoms with E-state index in [1.165, 1.54) is 0 Å². The summed E-state index contributed by atoms with van der Waals surface area (Å²) in [6.45, 7) is 2.60. The Kier molecular flexibility index (Phi) is 3.38. The first-order valence-corrected chi connectivity index (χ1v) is 4.22. The van der Waals surface area contributed by atoms with Crippen molar-refractivity contribution in [3.05, 3.63) is 24.0 Å². The van der Waals surface area contributed by atoms with Gasteiger partial charge in [-0.15, -0.1) is 0 Å². The maximum Gasteiger partial charge on any atom is 0.220 e. The molecule has 1 aromatic heterocycles. The van der Waals surface area contributed by atoms with Gasteiger partial charge in [0, 0.05) is 18.3 Å². The van der Waals surface area contributed by atoms with Gasteiger partial charge in [-0.25, -0.2) is 0 Å². The van der Waals surface area contributed by atoms with E-state index in [2.05, 4.69) is 10.3 Å². The lowest BCUT2D eigenvalue weighted by Gasteiger charge is -2.01. The summed E-state index contributed by atoms with van der Waals surface area (Å²) in [4.78, 5) is 14.0. The fraction of sp³-hybridized carbons (Fsp3) is 0.444. The molecule has 0 saturated heterocycles. The van der Waals surface area contributed by atoms with Crippen molar-refractivity contribution in [3.8, 4) is 0 Å². The summed E-state index contributed by atoms with van der Waals surface area (Å²) in [7, 11) is 0. The van der Waals surface area contributed by atoms with Crippen molar-refractivity contribution in [3.63, 3.8) is 0 Å². The van der Waals surface area contributed by atoms with Crippen LogP contribution in [0.4, 0.5) is 0 Å². The third-order valence-electron chi connectivity index (χ3n) is 1.62. The standard InChI is InChI=1S/C9H14N2O/c1-2-4-9(12)11-7-8-5-3-6-10-8/h3,5-6,10H,2,4,7H2,1H3,(H,11,12). The molecule has 0 aliphatic heterocycles. The Morgan fingerprint density at radius 2 is 2.50 bits per heavy atom. The monoisotopic (exact) mass is 166 g/mol. The van der Waals surface area contributed by atoms with E-state index < -0.39 is 0 Å². The van der Waals surface area contributed by atoms with Gasteiger partial charge in [0.25, 0.3) is 0 Å². The van der Waals surface area contributed by atoms with Crippen molar-refractivity contribution >= 4 is 5.91 Å². The first-order chi connectivity index (χ1) is 5.83. The lowest BCUT2D eigenvalue weighted by molar-refractivity contribution is -0.121. The van der Waals surface area contributed by atoms with Crippen molar-refractivity contribution in [1.82, 2.24) is 10.3 Å². The summed E-state index contributed by atoms with van der Waals surface area (Å²) >= 11 is 0. The Morgan fingerprint density at radius 3 is 3.08 bits per heavy atom. The van der Waals surface area contributed by atoms with E-state index in [0.717, 1.165) is 12.1 Å². The Labute approximate surface area is 72.2 Å². The van der Waals surface area contributed by atoms with Crippen LogP contribution < -0.4 is 5.32 Å². The van der Waals surface area contributed by atoms with Crippen LogP contribution in [0.1, 0.15) is 25.5 Å². The van der Waals surface area contributed by atoms with E-state index in [1.54, 1.807) is 0 Å². The first-order valence-electron chi connectivity index (χ1n) is 4.22. The molecule has 0 atom stereocenters. The van der Waals surface area contributed by atoms with Gasteiger partial charge in [-0.2, -0.15) is 0 Å². The fourth-order valence-electron chi connectivity index (χ4n) is 0.987. The molecule has 1 aromatic rings. The largest absolute Gasteiger partial charge is 0.364 e. The molecule has 0 saturated carbocycles. The molecular weight excluding hydrogens is 152 g/mol. The van der Waals surface area contributed by atoms with E-state index in [9.17, 15) is 4.79 Å². The number of hydrogen-bond donors (Lipinski definition) is 2. The molecule has 0 spiro atoms. The van der Waals surface area contributed by atoms with Crippen LogP contribution in [-0.2, 0) is 11.3 Å². The van der Waals surface area contributed by atoms with Crippen LogP contribution in [0.2, 0.25) is 0 Å². The lowest BCUT2D eigenvalue weighted by atomic mass is 10.3. The van der Waals surface area contributed by atoms with E-state index in [1.807, 2.05) is 25.3 Å². The summed E-state index contributed by atoms with van der Waals surface area (Å²) in [6.07, 6.45) is 3.36.